The molecule has 0 radical (unpaired) electrons. The van der Waals surface area contributed by atoms with Crippen molar-refractivity contribution in [2.24, 2.45) is 5.18 Å². The Labute approximate surface area is 181 Å². The summed E-state index contributed by atoms with van der Waals surface area (Å²) in [6.45, 7) is 4.90. The zero-order valence-electron chi connectivity index (χ0n) is 18.0. The van der Waals surface area contributed by atoms with Gasteiger partial charge in [-0.15, -0.1) is 4.91 Å². The minimum atomic E-state index is -0.407. The lowest BCUT2D eigenvalue weighted by atomic mass is 10.1. The highest BCUT2D eigenvalue weighted by Crippen LogP contribution is 2.32. The molecule has 0 bridgehead atoms. The Morgan fingerprint density at radius 1 is 1.13 bits per heavy atom. The number of esters is 1. The van der Waals surface area contributed by atoms with Crippen LogP contribution in [0.4, 0.5) is 5.69 Å². The Hall–Kier alpha value is -3.48. The molecule has 0 aliphatic carbocycles. The van der Waals surface area contributed by atoms with E-state index < -0.39 is 5.97 Å². The first kappa shape index (κ1) is 22.2. The summed E-state index contributed by atoms with van der Waals surface area (Å²) in [5, 5.41) is 3.94. The highest BCUT2D eigenvalue weighted by molar-refractivity contribution is 5.86. The molecule has 162 valence electrons. The molecule has 7 nitrogen and oxygen atoms in total. The van der Waals surface area contributed by atoms with E-state index in [1.807, 2.05) is 31.2 Å². The molecule has 0 fully saturated rings. The van der Waals surface area contributed by atoms with E-state index in [9.17, 15) is 9.70 Å². The summed E-state index contributed by atoms with van der Waals surface area (Å²) in [4.78, 5) is 27.4. The van der Waals surface area contributed by atoms with E-state index in [1.54, 1.807) is 6.07 Å². The minimum absolute atomic E-state index is 0.0267. The Morgan fingerprint density at radius 3 is 2.68 bits per heavy atom. The zero-order valence-corrected chi connectivity index (χ0v) is 18.0. The average molecular weight is 422 g/mol. The van der Waals surface area contributed by atoms with Gasteiger partial charge >= 0.3 is 5.97 Å². The van der Waals surface area contributed by atoms with Gasteiger partial charge in [-0.2, -0.15) is 0 Å². The standard InChI is InChI=1S/C24H26N2O5/c1-4-5-10-30-24-16(2)22(25-21-9-7-6-8-20(21)24)15-31-19-12-17(13-23(27)29-3)11-18(14-19)26-28/h6-9,11-12,14H,4-5,10,13,15H2,1-3H3. The van der Waals surface area contributed by atoms with Crippen molar-refractivity contribution in [1.29, 1.82) is 0 Å². The normalized spacial score (nSPS) is 10.7. The number of nitrogens with zero attached hydrogens (tertiary/aromatic N) is 2. The molecular formula is C24H26N2O5. The molecule has 0 aliphatic heterocycles. The summed E-state index contributed by atoms with van der Waals surface area (Å²) >= 11 is 0. The van der Waals surface area contributed by atoms with E-state index in [1.165, 1.54) is 19.2 Å². The number of hydrogen-bond acceptors (Lipinski definition) is 7. The monoisotopic (exact) mass is 422 g/mol. The highest BCUT2D eigenvalue weighted by Gasteiger charge is 2.14. The van der Waals surface area contributed by atoms with Gasteiger partial charge in [-0.05, 0) is 48.4 Å². The Kier molecular flexibility index (Phi) is 7.54. The Balaban J connectivity index is 1.88. The van der Waals surface area contributed by atoms with Crippen molar-refractivity contribution < 1.29 is 19.0 Å². The third-order valence-corrected chi connectivity index (χ3v) is 4.93. The van der Waals surface area contributed by atoms with Gasteiger partial charge in [0.2, 0.25) is 0 Å². The number of hydrogen-bond donors (Lipinski definition) is 0. The van der Waals surface area contributed by atoms with Gasteiger partial charge in [0.1, 0.15) is 23.8 Å². The van der Waals surface area contributed by atoms with E-state index >= 15 is 0 Å². The molecule has 3 aromatic rings. The van der Waals surface area contributed by atoms with Gasteiger partial charge in [-0.25, -0.2) is 4.98 Å². The van der Waals surface area contributed by atoms with Crippen molar-refractivity contribution >= 4 is 22.6 Å². The fourth-order valence-corrected chi connectivity index (χ4v) is 3.24. The highest BCUT2D eigenvalue weighted by atomic mass is 16.5. The lowest BCUT2D eigenvalue weighted by Gasteiger charge is -2.16. The summed E-state index contributed by atoms with van der Waals surface area (Å²) in [6.07, 6.45) is 2.04. The van der Waals surface area contributed by atoms with Crippen LogP contribution in [0.15, 0.2) is 47.6 Å². The number of unbranched alkanes of at least 4 members (excludes halogenated alkanes) is 1. The summed E-state index contributed by atoms with van der Waals surface area (Å²) in [5.74, 6) is 0.834. The number of pyridine rings is 1. The molecule has 0 aliphatic rings. The number of fused-ring (bicyclic) bond motifs is 1. The van der Waals surface area contributed by atoms with Gasteiger partial charge in [-0.1, -0.05) is 25.5 Å². The SMILES string of the molecule is CCCCOc1c(C)c(COc2cc(CC(=O)OC)cc(N=O)c2)nc2ccccc12. The third-order valence-electron chi connectivity index (χ3n) is 4.93. The summed E-state index contributed by atoms with van der Waals surface area (Å²) < 4.78 is 16.7. The molecule has 7 heteroatoms. The number of aromatic nitrogens is 1. The predicted octanol–water partition coefficient (Wildman–Crippen LogP) is 5.41. The second-order valence-electron chi connectivity index (χ2n) is 7.20. The van der Waals surface area contributed by atoms with E-state index in [4.69, 9.17) is 19.2 Å². The minimum Gasteiger partial charge on any atom is -0.493 e. The number of methoxy groups -OCH3 is 1. The van der Waals surface area contributed by atoms with Gasteiger partial charge in [0.25, 0.3) is 0 Å². The van der Waals surface area contributed by atoms with Crippen LogP contribution in [-0.2, 0) is 22.6 Å². The number of para-hydroxylation sites is 1. The predicted molar refractivity (Wildman–Crippen MR) is 119 cm³/mol. The Bertz CT molecular complexity index is 1080. The number of nitroso groups, excluding NO2 is 1. The van der Waals surface area contributed by atoms with Crippen LogP contribution in [0, 0.1) is 11.8 Å². The fourth-order valence-electron chi connectivity index (χ4n) is 3.24. The van der Waals surface area contributed by atoms with E-state index in [0.717, 1.165) is 40.8 Å². The van der Waals surface area contributed by atoms with E-state index in [2.05, 4.69) is 12.1 Å². The lowest BCUT2D eigenvalue weighted by molar-refractivity contribution is -0.139. The van der Waals surface area contributed by atoms with Crippen LogP contribution < -0.4 is 9.47 Å². The lowest BCUT2D eigenvalue weighted by Crippen LogP contribution is -2.07. The first-order chi connectivity index (χ1) is 15.0. The van der Waals surface area contributed by atoms with Gasteiger partial charge in [-0.3, -0.25) is 4.79 Å². The van der Waals surface area contributed by atoms with Gasteiger partial charge in [0, 0.05) is 17.0 Å². The van der Waals surface area contributed by atoms with Crippen LogP contribution in [0.5, 0.6) is 11.5 Å². The third kappa shape index (κ3) is 5.57. The van der Waals surface area contributed by atoms with Gasteiger partial charge in [0.05, 0.1) is 31.3 Å². The maximum Gasteiger partial charge on any atom is 0.309 e. The maximum atomic E-state index is 11.6. The first-order valence-corrected chi connectivity index (χ1v) is 10.2. The molecule has 0 spiro atoms. The van der Waals surface area contributed by atoms with Crippen LogP contribution in [0.1, 0.15) is 36.6 Å². The second-order valence-corrected chi connectivity index (χ2v) is 7.20. The topological polar surface area (TPSA) is 87.1 Å². The molecule has 0 saturated carbocycles. The molecule has 0 atom stereocenters. The molecular weight excluding hydrogens is 396 g/mol. The average Bonchev–Trinajstić information content (AvgIpc) is 2.79. The summed E-state index contributed by atoms with van der Waals surface area (Å²) in [7, 11) is 1.32. The molecule has 3 rings (SSSR count). The molecule has 31 heavy (non-hydrogen) atoms. The van der Waals surface area contributed by atoms with E-state index in [-0.39, 0.29) is 18.7 Å². The number of carbonyl (C=O) groups is 1. The molecule has 0 saturated heterocycles. The Morgan fingerprint density at radius 2 is 1.94 bits per heavy atom. The maximum absolute atomic E-state index is 11.6. The van der Waals surface area contributed by atoms with Gasteiger partial charge in [0.15, 0.2) is 0 Å². The second kappa shape index (κ2) is 10.5. The number of benzene rings is 2. The molecule has 2 aromatic carbocycles. The summed E-state index contributed by atoms with van der Waals surface area (Å²) in [5.41, 5.74) is 3.25. The van der Waals surface area contributed by atoms with Crippen LogP contribution >= 0.6 is 0 Å². The number of rotatable bonds is 10. The molecule has 1 heterocycles. The van der Waals surface area contributed by atoms with Crippen molar-refractivity contribution in [3.05, 3.63) is 64.2 Å². The van der Waals surface area contributed by atoms with Crippen LogP contribution in [0.3, 0.4) is 0 Å². The smallest absolute Gasteiger partial charge is 0.309 e. The zero-order chi connectivity index (χ0) is 22.2. The van der Waals surface area contributed by atoms with Crippen molar-refractivity contribution in [3.63, 3.8) is 0 Å². The quantitative estimate of drug-likeness (QED) is 0.246. The van der Waals surface area contributed by atoms with Crippen molar-refractivity contribution in [3.8, 4) is 11.5 Å². The molecule has 0 N–H and O–H groups in total. The van der Waals surface area contributed by atoms with Crippen LogP contribution in [0.25, 0.3) is 10.9 Å². The van der Waals surface area contributed by atoms with E-state index in [0.29, 0.717) is 17.9 Å². The van der Waals surface area contributed by atoms with Gasteiger partial charge < -0.3 is 14.2 Å². The molecule has 1 aromatic heterocycles. The van der Waals surface area contributed by atoms with Crippen LogP contribution in [-0.4, -0.2) is 24.7 Å². The fraction of sp³-hybridized carbons (Fsp3) is 0.333. The van der Waals surface area contributed by atoms with Crippen LogP contribution in [0.2, 0.25) is 0 Å². The largest absolute Gasteiger partial charge is 0.493 e. The molecule has 0 amide bonds. The van der Waals surface area contributed by atoms with Crippen molar-refractivity contribution in [2.45, 2.75) is 39.7 Å². The first-order valence-electron chi connectivity index (χ1n) is 10.2. The summed E-state index contributed by atoms with van der Waals surface area (Å²) in [6, 6.07) is 12.6. The number of ether oxygens (including phenoxy) is 3. The number of carbonyl (C=O) groups excluding carboxylic acids is 1. The van der Waals surface area contributed by atoms with Crippen molar-refractivity contribution in [2.75, 3.05) is 13.7 Å². The molecule has 0 unspecified atom stereocenters. The van der Waals surface area contributed by atoms with Crippen molar-refractivity contribution in [1.82, 2.24) is 4.98 Å².